The molecule has 1 fully saturated rings. The van der Waals surface area contributed by atoms with Gasteiger partial charge in [-0.25, -0.2) is 0 Å². The van der Waals surface area contributed by atoms with E-state index in [4.69, 9.17) is 5.26 Å². The summed E-state index contributed by atoms with van der Waals surface area (Å²) in [5.74, 6) is 1.04. The van der Waals surface area contributed by atoms with Gasteiger partial charge < -0.3 is 19.5 Å². The fourth-order valence-electron chi connectivity index (χ4n) is 5.34. The van der Waals surface area contributed by atoms with Gasteiger partial charge in [0.05, 0.1) is 29.1 Å². The second-order valence-corrected chi connectivity index (χ2v) is 9.76. The Morgan fingerprint density at radius 1 is 1.09 bits per heavy atom. The molecule has 0 bridgehead atoms. The van der Waals surface area contributed by atoms with Gasteiger partial charge in [-0.2, -0.15) is 5.26 Å². The standard InChI is InChI=1S/C27H27N7O/c1-31(2)12-22-15-32(16-26(22)35)23-7-8-24-21(9-23)14-33-13-20(19-5-3-18(11-28)4-6-19)10-25(33)27-30-29-17-34(24)27/h3-10,13,17,22,26,35H,12,14-16H2,1-2H3/t22?,26-/m1/s1. The topological polar surface area (TPSA) is 86.1 Å². The van der Waals surface area contributed by atoms with Crippen LogP contribution in [0, 0.1) is 17.2 Å². The predicted molar refractivity (Wildman–Crippen MR) is 134 cm³/mol. The molecule has 0 amide bonds. The molecule has 4 aromatic rings. The van der Waals surface area contributed by atoms with Crippen LogP contribution in [0.3, 0.4) is 0 Å². The molecule has 4 heterocycles. The van der Waals surface area contributed by atoms with Crippen LogP contribution in [0.5, 0.6) is 0 Å². The van der Waals surface area contributed by atoms with Crippen molar-refractivity contribution in [1.82, 2.24) is 24.2 Å². The van der Waals surface area contributed by atoms with Gasteiger partial charge in [-0.15, -0.1) is 10.2 Å². The molecule has 35 heavy (non-hydrogen) atoms. The third-order valence-electron chi connectivity index (χ3n) is 7.06. The lowest BCUT2D eigenvalue weighted by Gasteiger charge is -2.21. The summed E-state index contributed by atoms with van der Waals surface area (Å²) in [7, 11) is 4.10. The van der Waals surface area contributed by atoms with Crippen molar-refractivity contribution in [2.45, 2.75) is 12.6 Å². The Bertz CT molecular complexity index is 1430. The molecule has 6 rings (SSSR count). The number of fused-ring (bicyclic) bond motifs is 5. The van der Waals surface area contributed by atoms with Crippen molar-refractivity contribution < 1.29 is 5.11 Å². The average molecular weight is 466 g/mol. The van der Waals surface area contributed by atoms with E-state index in [1.165, 1.54) is 5.56 Å². The Morgan fingerprint density at radius 2 is 1.91 bits per heavy atom. The lowest BCUT2D eigenvalue weighted by molar-refractivity contribution is 0.130. The molecular weight excluding hydrogens is 438 g/mol. The van der Waals surface area contributed by atoms with Crippen molar-refractivity contribution in [3.05, 3.63) is 72.2 Å². The lowest BCUT2D eigenvalue weighted by Crippen LogP contribution is -2.29. The number of nitriles is 1. The van der Waals surface area contributed by atoms with Crippen LogP contribution in [0.15, 0.2) is 61.1 Å². The molecule has 2 aliphatic heterocycles. The van der Waals surface area contributed by atoms with Crippen LogP contribution in [0.4, 0.5) is 5.69 Å². The molecule has 1 saturated heterocycles. The second-order valence-electron chi connectivity index (χ2n) is 9.76. The minimum atomic E-state index is -0.327. The van der Waals surface area contributed by atoms with Gasteiger partial charge in [-0.3, -0.25) is 4.57 Å². The first-order valence-electron chi connectivity index (χ1n) is 11.8. The molecule has 8 heteroatoms. The maximum absolute atomic E-state index is 10.6. The van der Waals surface area contributed by atoms with Crippen LogP contribution in [-0.2, 0) is 6.54 Å². The van der Waals surface area contributed by atoms with E-state index >= 15 is 0 Å². The van der Waals surface area contributed by atoms with Gasteiger partial charge in [0, 0.05) is 49.5 Å². The molecule has 0 radical (unpaired) electrons. The van der Waals surface area contributed by atoms with Gasteiger partial charge in [0.15, 0.2) is 5.82 Å². The Labute approximate surface area is 204 Å². The first-order valence-corrected chi connectivity index (χ1v) is 11.8. The van der Waals surface area contributed by atoms with Crippen LogP contribution in [0.1, 0.15) is 11.1 Å². The van der Waals surface area contributed by atoms with Crippen LogP contribution >= 0.6 is 0 Å². The molecular formula is C27H27N7O. The summed E-state index contributed by atoms with van der Waals surface area (Å²) < 4.78 is 4.27. The zero-order chi connectivity index (χ0) is 24.1. The Morgan fingerprint density at radius 3 is 2.69 bits per heavy atom. The molecule has 1 N–H and O–H groups in total. The van der Waals surface area contributed by atoms with E-state index in [1.54, 1.807) is 6.33 Å². The van der Waals surface area contributed by atoms with E-state index < -0.39 is 0 Å². The molecule has 2 aromatic heterocycles. The van der Waals surface area contributed by atoms with E-state index in [2.05, 4.69) is 75.2 Å². The second kappa shape index (κ2) is 8.38. The van der Waals surface area contributed by atoms with Crippen molar-refractivity contribution in [2.75, 3.05) is 38.6 Å². The number of rotatable bonds is 4. The third kappa shape index (κ3) is 3.79. The molecule has 0 aliphatic carbocycles. The van der Waals surface area contributed by atoms with E-state index in [1.807, 2.05) is 28.8 Å². The highest BCUT2D eigenvalue weighted by Gasteiger charge is 2.32. The molecule has 0 spiro atoms. The van der Waals surface area contributed by atoms with Crippen molar-refractivity contribution in [3.8, 4) is 34.4 Å². The molecule has 2 atom stereocenters. The third-order valence-corrected chi connectivity index (χ3v) is 7.06. The van der Waals surface area contributed by atoms with Crippen LogP contribution in [0.2, 0.25) is 0 Å². The number of aromatic nitrogens is 4. The van der Waals surface area contributed by atoms with Crippen molar-refractivity contribution in [1.29, 1.82) is 5.26 Å². The van der Waals surface area contributed by atoms with Gasteiger partial charge in [0.2, 0.25) is 0 Å². The van der Waals surface area contributed by atoms with Crippen molar-refractivity contribution >= 4 is 5.69 Å². The minimum absolute atomic E-state index is 0.235. The number of hydrogen-bond donors (Lipinski definition) is 1. The Kier molecular flexibility index (Phi) is 5.17. The zero-order valence-electron chi connectivity index (χ0n) is 19.8. The van der Waals surface area contributed by atoms with E-state index in [0.717, 1.165) is 47.1 Å². The number of benzene rings is 2. The average Bonchev–Trinajstić information content (AvgIpc) is 3.56. The smallest absolute Gasteiger partial charge is 0.185 e. The fraction of sp³-hybridized carbons (Fsp3) is 0.296. The number of aliphatic hydroxyl groups is 1. The number of anilines is 1. The Balaban J connectivity index is 1.36. The maximum atomic E-state index is 10.6. The largest absolute Gasteiger partial charge is 0.391 e. The van der Waals surface area contributed by atoms with Gasteiger partial charge >= 0.3 is 0 Å². The molecule has 2 aliphatic rings. The van der Waals surface area contributed by atoms with Gasteiger partial charge in [0.25, 0.3) is 0 Å². The zero-order valence-corrected chi connectivity index (χ0v) is 19.8. The maximum Gasteiger partial charge on any atom is 0.185 e. The number of hydrogen-bond acceptors (Lipinski definition) is 6. The van der Waals surface area contributed by atoms with E-state index in [0.29, 0.717) is 18.7 Å². The summed E-state index contributed by atoms with van der Waals surface area (Å²) >= 11 is 0. The molecule has 8 nitrogen and oxygen atoms in total. The lowest BCUT2D eigenvalue weighted by atomic mass is 10.1. The minimum Gasteiger partial charge on any atom is -0.391 e. The normalized spacial score (nSPS) is 18.7. The summed E-state index contributed by atoms with van der Waals surface area (Å²) in [5, 5.41) is 28.4. The molecule has 2 aromatic carbocycles. The first-order chi connectivity index (χ1) is 17.0. The van der Waals surface area contributed by atoms with Gasteiger partial charge in [-0.05, 0) is 61.6 Å². The molecule has 0 saturated carbocycles. The molecule has 1 unspecified atom stereocenters. The SMILES string of the molecule is CN(C)CC1CN(c2ccc3c(c2)Cn2cc(-c4ccc(C#N)cc4)cc2-c2nncn2-3)C[C@H]1O. The highest BCUT2D eigenvalue weighted by Crippen LogP contribution is 2.35. The summed E-state index contributed by atoms with van der Waals surface area (Å²) in [4.78, 5) is 4.43. The quantitative estimate of drug-likeness (QED) is 0.439. The summed E-state index contributed by atoms with van der Waals surface area (Å²) in [6.45, 7) is 3.06. The highest BCUT2D eigenvalue weighted by molar-refractivity contribution is 5.72. The van der Waals surface area contributed by atoms with Crippen molar-refractivity contribution in [2.24, 2.45) is 5.92 Å². The Hall–Kier alpha value is -3.93. The fourth-order valence-corrected chi connectivity index (χ4v) is 5.34. The first kappa shape index (κ1) is 21.6. The van der Waals surface area contributed by atoms with E-state index in [-0.39, 0.29) is 12.0 Å². The van der Waals surface area contributed by atoms with Gasteiger partial charge in [0.1, 0.15) is 6.33 Å². The summed E-state index contributed by atoms with van der Waals surface area (Å²) in [6.07, 6.45) is 3.58. The summed E-state index contributed by atoms with van der Waals surface area (Å²) in [5.41, 5.74) is 7.16. The van der Waals surface area contributed by atoms with Gasteiger partial charge in [-0.1, -0.05) is 12.1 Å². The number of aliphatic hydroxyl groups excluding tert-OH is 1. The van der Waals surface area contributed by atoms with E-state index in [9.17, 15) is 5.11 Å². The van der Waals surface area contributed by atoms with Crippen LogP contribution in [0.25, 0.3) is 28.3 Å². The van der Waals surface area contributed by atoms with Crippen LogP contribution < -0.4 is 4.90 Å². The highest BCUT2D eigenvalue weighted by atomic mass is 16.3. The monoisotopic (exact) mass is 465 g/mol. The van der Waals surface area contributed by atoms with Crippen molar-refractivity contribution in [3.63, 3.8) is 0 Å². The number of β-amino-alcohol motifs (C(OH)–C–C–N with tert-alkyl or cyclic N) is 1. The predicted octanol–water partition coefficient (Wildman–Crippen LogP) is 2.99. The van der Waals surface area contributed by atoms with Crippen LogP contribution in [-0.4, -0.2) is 69.2 Å². The number of nitrogens with zero attached hydrogens (tertiary/aromatic N) is 7. The summed E-state index contributed by atoms with van der Waals surface area (Å²) in [6, 6.07) is 18.5. The molecule has 176 valence electrons.